The Labute approximate surface area is 206 Å². The molecule has 0 aliphatic heterocycles. The Balaban J connectivity index is 0.000000335. The standard InChI is InChI=1S/C15H21ClO2.C14H22O/c1-14(2,3)10-7-11(15(4,5)6)9-12(8-10)18-13(16)17;1-13(2,3)10-7-11(14(4,5)6)9-12(15)8-10/h7-9H,1-6H3;7-9,15H,1-6H3. The Morgan fingerprint density at radius 1 is 0.606 bits per heavy atom. The molecule has 0 atom stereocenters. The number of hydrogen-bond acceptors (Lipinski definition) is 3. The zero-order valence-corrected chi connectivity index (χ0v) is 23.4. The van der Waals surface area contributed by atoms with Crippen LogP contribution in [0.1, 0.15) is 105 Å². The minimum absolute atomic E-state index is 0.00523. The lowest BCUT2D eigenvalue weighted by Gasteiger charge is -2.25. The first kappa shape index (κ1) is 29.0. The van der Waals surface area contributed by atoms with E-state index >= 15 is 0 Å². The van der Waals surface area contributed by atoms with Gasteiger partial charge in [-0.15, -0.1) is 0 Å². The second-order valence-corrected chi connectivity index (χ2v) is 13.2. The molecular weight excluding hydrogens is 432 g/mol. The average Bonchev–Trinajstić information content (AvgIpc) is 2.58. The van der Waals surface area contributed by atoms with Crippen LogP contribution in [-0.2, 0) is 21.7 Å². The molecule has 0 saturated carbocycles. The summed E-state index contributed by atoms with van der Waals surface area (Å²) in [4.78, 5) is 10.9. The van der Waals surface area contributed by atoms with E-state index in [-0.39, 0.29) is 21.7 Å². The van der Waals surface area contributed by atoms with E-state index in [1.807, 2.05) is 24.3 Å². The summed E-state index contributed by atoms with van der Waals surface area (Å²) in [5.74, 6) is 0.875. The summed E-state index contributed by atoms with van der Waals surface area (Å²) < 4.78 is 5.01. The van der Waals surface area contributed by atoms with E-state index in [9.17, 15) is 9.90 Å². The first-order chi connectivity index (χ1) is 14.6. The zero-order chi connectivity index (χ0) is 26.0. The summed E-state index contributed by atoms with van der Waals surface area (Å²) >= 11 is 5.28. The van der Waals surface area contributed by atoms with E-state index in [0.29, 0.717) is 11.5 Å². The number of halogens is 1. The highest BCUT2D eigenvalue weighted by Crippen LogP contribution is 2.34. The maximum Gasteiger partial charge on any atom is 0.409 e. The lowest BCUT2D eigenvalue weighted by Crippen LogP contribution is -2.16. The molecule has 0 radical (unpaired) electrons. The van der Waals surface area contributed by atoms with Crippen molar-refractivity contribution in [3.63, 3.8) is 0 Å². The van der Waals surface area contributed by atoms with Crippen LogP contribution in [0.25, 0.3) is 0 Å². The van der Waals surface area contributed by atoms with Gasteiger partial charge < -0.3 is 9.84 Å². The molecule has 4 heteroatoms. The number of rotatable bonds is 1. The van der Waals surface area contributed by atoms with Gasteiger partial charge in [0.25, 0.3) is 0 Å². The Hall–Kier alpha value is -2.00. The Kier molecular flexibility index (Phi) is 8.88. The molecule has 0 aliphatic carbocycles. The van der Waals surface area contributed by atoms with E-state index in [1.165, 1.54) is 11.1 Å². The fraction of sp³-hybridized carbons (Fsp3) is 0.552. The van der Waals surface area contributed by atoms with Crippen molar-refractivity contribution in [2.75, 3.05) is 0 Å². The minimum Gasteiger partial charge on any atom is -0.508 e. The molecule has 0 saturated heterocycles. The summed E-state index contributed by atoms with van der Waals surface area (Å²) in [7, 11) is 0. The number of phenols is 1. The SMILES string of the molecule is CC(C)(C)c1cc(O)cc(C(C)(C)C)c1.CC(C)(C)c1cc(OC(=O)Cl)cc(C(C)(C)C)c1. The summed E-state index contributed by atoms with van der Waals surface area (Å²) in [6, 6.07) is 11.8. The lowest BCUT2D eigenvalue weighted by molar-refractivity contribution is 0.225. The summed E-state index contributed by atoms with van der Waals surface area (Å²) in [5, 5.41) is 9.72. The van der Waals surface area contributed by atoms with Crippen LogP contribution in [-0.4, -0.2) is 10.5 Å². The topological polar surface area (TPSA) is 46.5 Å². The van der Waals surface area contributed by atoms with Crippen LogP contribution < -0.4 is 4.74 Å². The molecule has 0 unspecified atom stereocenters. The number of hydrogen-bond donors (Lipinski definition) is 1. The van der Waals surface area contributed by atoms with E-state index in [0.717, 1.165) is 11.1 Å². The zero-order valence-electron chi connectivity index (χ0n) is 22.6. The van der Waals surface area contributed by atoms with Crippen molar-refractivity contribution in [1.82, 2.24) is 0 Å². The van der Waals surface area contributed by atoms with Gasteiger partial charge in [0.15, 0.2) is 0 Å². The fourth-order valence-electron chi connectivity index (χ4n) is 3.09. The van der Waals surface area contributed by atoms with Gasteiger partial charge >= 0.3 is 5.43 Å². The van der Waals surface area contributed by atoms with Gasteiger partial charge in [0.1, 0.15) is 11.5 Å². The first-order valence-corrected chi connectivity index (χ1v) is 11.9. The van der Waals surface area contributed by atoms with Crippen molar-refractivity contribution >= 4 is 17.0 Å². The summed E-state index contributed by atoms with van der Waals surface area (Å²) in [6.07, 6.45) is 0. The molecule has 0 bridgehead atoms. The molecule has 184 valence electrons. The number of aromatic hydroxyl groups is 1. The number of phenolic OH excluding ortho intramolecular Hbond substituents is 1. The van der Waals surface area contributed by atoms with E-state index in [4.69, 9.17) is 16.3 Å². The molecule has 0 amide bonds. The van der Waals surface area contributed by atoms with Gasteiger partial charge in [-0.3, -0.25) is 0 Å². The molecule has 2 aromatic rings. The van der Waals surface area contributed by atoms with E-state index in [1.54, 1.807) is 0 Å². The van der Waals surface area contributed by atoms with E-state index < -0.39 is 5.43 Å². The van der Waals surface area contributed by atoms with Gasteiger partial charge in [0.05, 0.1) is 0 Å². The molecule has 0 heterocycles. The second-order valence-electron chi connectivity index (χ2n) is 12.9. The van der Waals surface area contributed by atoms with Crippen LogP contribution in [0.5, 0.6) is 11.5 Å². The Bertz CT molecular complexity index is 898. The molecular formula is C29H43ClO3. The highest BCUT2D eigenvalue weighted by Gasteiger charge is 2.22. The van der Waals surface area contributed by atoms with Gasteiger partial charge in [-0.05, 0) is 68.2 Å². The average molecular weight is 475 g/mol. The van der Waals surface area contributed by atoms with Crippen LogP contribution in [0.15, 0.2) is 36.4 Å². The molecule has 2 rings (SSSR count). The van der Waals surface area contributed by atoms with Gasteiger partial charge in [-0.1, -0.05) is 95.2 Å². The van der Waals surface area contributed by atoms with Crippen LogP contribution >= 0.6 is 11.6 Å². The lowest BCUT2D eigenvalue weighted by atomic mass is 9.80. The molecule has 33 heavy (non-hydrogen) atoms. The summed E-state index contributed by atoms with van der Waals surface area (Å²) in [6.45, 7) is 25.7. The van der Waals surface area contributed by atoms with Crippen LogP contribution in [0, 0.1) is 0 Å². The highest BCUT2D eigenvalue weighted by molar-refractivity contribution is 6.61. The van der Waals surface area contributed by atoms with Crippen molar-refractivity contribution in [3.05, 3.63) is 58.7 Å². The normalized spacial score (nSPS) is 12.6. The minimum atomic E-state index is -0.805. The third-order valence-corrected chi connectivity index (χ3v) is 5.56. The number of carbonyl (C=O) groups is 1. The van der Waals surface area contributed by atoms with Crippen LogP contribution in [0.2, 0.25) is 0 Å². The maximum atomic E-state index is 10.9. The highest BCUT2D eigenvalue weighted by atomic mass is 35.5. The van der Waals surface area contributed by atoms with Crippen molar-refractivity contribution in [2.45, 2.75) is 105 Å². The first-order valence-electron chi connectivity index (χ1n) is 11.5. The molecule has 3 nitrogen and oxygen atoms in total. The second kappa shape index (κ2) is 10.1. The number of ether oxygens (including phenoxy) is 1. The molecule has 0 aliphatic rings. The molecule has 2 aromatic carbocycles. The summed E-state index contributed by atoms with van der Waals surface area (Å²) in [5.41, 5.74) is 3.98. The molecule has 0 fully saturated rings. The third-order valence-electron chi connectivity index (χ3n) is 5.49. The van der Waals surface area contributed by atoms with Crippen LogP contribution in [0.3, 0.4) is 0 Å². The molecule has 0 spiro atoms. The largest absolute Gasteiger partial charge is 0.508 e. The van der Waals surface area contributed by atoms with Crippen LogP contribution in [0.4, 0.5) is 4.79 Å². The quantitative estimate of drug-likeness (QED) is 0.419. The monoisotopic (exact) mass is 474 g/mol. The van der Waals surface area contributed by atoms with Crippen molar-refractivity contribution < 1.29 is 14.6 Å². The molecule has 1 N–H and O–H groups in total. The smallest absolute Gasteiger partial charge is 0.409 e. The van der Waals surface area contributed by atoms with Crippen molar-refractivity contribution in [1.29, 1.82) is 0 Å². The van der Waals surface area contributed by atoms with Crippen molar-refractivity contribution in [3.8, 4) is 11.5 Å². The van der Waals surface area contributed by atoms with Crippen molar-refractivity contribution in [2.24, 2.45) is 0 Å². The predicted molar refractivity (Wildman–Crippen MR) is 141 cm³/mol. The number of carbonyl (C=O) groups excluding carboxylic acids is 1. The predicted octanol–water partition coefficient (Wildman–Crippen LogP) is 9.01. The maximum absolute atomic E-state index is 10.9. The number of benzene rings is 2. The van der Waals surface area contributed by atoms with Gasteiger partial charge in [-0.25, -0.2) is 4.79 Å². The van der Waals surface area contributed by atoms with Gasteiger partial charge in [-0.2, -0.15) is 0 Å². The Morgan fingerprint density at radius 2 is 0.879 bits per heavy atom. The fourth-order valence-corrected chi connectivity index (χ4v) is 3.18. The van der Waals surface area contributed by atoms with Gasteiger partial charge in [0.2, 0.25) is 0 Å². The Morgan fingerprint density at radius 3 is 1.12 bits per heavy atom. The third kappa shape index (κ3) is 9.41. The van der Waals surface area contributed by atoms with E-state index in [2.05, 4.69) is 95.2 Å². The molecule has 0 aromatic heterocycles. The van der Waals surface area contributed by atoms with Gasteiger partial charge in [0, 0.05) is 11.6 Å².